The molecule has 4 nitrogen and oxygen atoms in total. The molecule has 2 aliphatic rings. The van der Waals surface area contributed by atoms with Crippen molar-refractivity contribution < 1.29 is 14.0 Å². The first-order valence-corrected chi connectivity index (χ1v) is 6.78. The minimum Gasteiger partial charge on any atom is -0.331 e. The molecular formula is C14H12ClFN2O2. The summed E-state index contributed by atoms with van der Waals surface area (Å²) in [5, 5.41) is -0.425. The summed E-state index contributed by atoms with van der Waals surface area (Å²) in [5.74, 6) is -1.32. The SMILES string of the molecule is O=C(Cl)[C@@H]1CC[C@H]2C=Cc3cnc(F)cc3C(=O)N2C1. The number of amides is 1. The molecule has 0 unspecified atom stereocenters. The molecule has 0 saturated carbocycles. The van der Waals surface area contributed by atoms with E-state index in [1.165, 1.54) is 6.20 Å². The normalized spacial score (nSPS) is 24.9. The molecule has 1 amide bonds. The molecule has 104 valence electrons. The first-order valence-electron chi connectivity index (χ1n) is 6.40. The van der Waals surface area contributed by atoms with Gasteiger partial charge in [-0.2, -0.15) is 4.39 Å². The Bertz CT molecular complexity index is 617. The van der Waals surface area contributed by atoms with Gasteiger partial charge >= 0.3 is 0 Å². The van der Waals surface area contributed by atoms with E-state index in [-0.39, 0.29) is 30.0 Å². The molecule has 1 saturated heterocycles. The van der Waals surface area contributed by atoms with Crippen molar-refractivity contribution in [2.45, 2.75) is 18.9 Å². The maximum Gasteiger partial charge on any atom is 0.255 e. The highest BCUT2D eigenvalue weighted by atomic mass is 35.5. The number of aromatic nitrogens is 1. The van der Waals surface area contributed by atoms with Crippen LogP contribution in [0.4, 0.5) is 4.39 Å². The van der Waals surface area contributed by atoms with Crippen LogP contribution < -0.4 is 0 Å². The molecule has 0 radical (unpaired) electrons. The summed E-state index contributed by atoms with van der Waals surface area (Å²) in [7, 11) is 0. The minimum absolute atomic E-state index is 0.0785. The number of rotatable bonds is 1. The summed E-state index contributed by atoms with van der Waals surface area (Å²) in [6.07, 6.45) is 6.37. The van der Waals surface area contributed by atoms with Gasteiger partial charge in [-0.1, -0.05) is 12.2 Å². The highest BCUT2D eigenvalue weighted by Gasteiger charge is 2.35. The van der Waals surface area contributed by atoms with Gasteiger partial charge in [-0.15, -0.1) is 0 Å². The second kappa shape index (κ2) is 4.98. The molecular weight excluding hydrogens is 283 g/mol. The monoisotopic (exact) mass is 294 g/mol. The first kappa shape index (κ1) is 13.2. The second-order valence-electron chi connectivity index (χ2n) is 5.06. The predicted molar refractivity (Wildman–Crippen MR) is 71.6 cm³/mol. The van der Waals surface area contributed by atoms with Crippen LogP contribution in [0, 0.1) is 11.9 Å². The van der Waals surface area contributed by atoms with Crippen LogP contribution in [0.1, 0.15) is 28.8 Å². The Hall–Kier alpha value is -1.75. The molecule has 3 rings (SSSR count). The zero-order valence-corrected chi connectivity index (χ0v) is 11.3. The standard InChI is InChI=1S/C14H12ClFN2O2/c15-13(19)9-2-4-10-3-1-8-6-17-12(16)5-11(8)14(20)18(10)7-9/h1,3,5-6,9-10H,2,4,7H2/t9-,10-/m1/s1. The molecule has 20 heavy (non-hydrogen) atoms. The van der Waals surface area contributed by atoms with Crippen molar-refractivity contribution in [1.29, 1.82) is 0 Å². The van der Waals surface area contributed by atoms with Crippen molar-refractivity contribution >= 4 is 28.8 Å². The molecule has 0 aromatic carbocycles. The van der Waals surface area contributed by atoms with Gasteiger partial charge in [0.1, 0.15) is 0 Å². The third kappa shape index (κ3) is 2.22. The van der Waals surface area contributed by atoms with E-state index in [1.54, 1.807) is 11.0 Å². The van der Waals surface area contributed by atoms with Gasteiger partial charge in [-0.3, -0.25) is 9.59 Å². The molecule has 1 fully saturated rings. The van der Waals surface area contributed by atoms with E-state index in [1.807, 2.05) is 6.08 Å². The van der Waals surface area contributed by atoms with E-state index in [2.05, 4.69) is 4.98 Å². The van der Waals surface area contributed by atoms with Gasteiger partial charge in [0.25, 0.3) is 5.91 Å². The van der Waals surface area contributed by atoms with Crippen LogP contribution in [0.3, 0.4) is 0 Å². The molecule has 0 bridgehead atoms. The molecule has 0 N–H and O–H groups in total. The number of pyridine rings is 1. The van der Waals surface area contributed by atoms with E-state index in [4.69, 9.17) is 11.6 Å². The van der Waals surface area contributed by atoms with Crippen molar-refractivity contribution in [3.63, 3.8) is 0 Å². The molecule has 1 aromatic heterocycles. The van der Waals surface area contributed by atoms with Crippen LogP contribution in [-0.2, 0) is 4.79 Å². The van der Waals surface area contributed by atoms with E-state index in [9.17, 15) is 14.0 Å². The second-order valence-corrected chi connectivity index (χ2v) is 5.43. The van der Waals surface area contributed by atoms with Crippen LogP contribution in [0.2, 0.25) is 0 Å². The fraction of sp³-hybridized carbons (Fsp3) is 0.357. The average Bonchev–Trinajstić information content (AvgIpc) is 2.57. The number of halogens is 2. The summed E-state index contributed by atoms with van der Waals surface area (Å²) >= 11 is 5.54. The lowest BCUT2D eigenvalue weighted by molar-refractivity contribution is -0.116. The summed E-state index contributed by atoms with van der Waals surface area (Å²) < 4.78 is 13.2. The largest absolute Gasteiger partial charge is 0.331 e. The molecule has 2 aliphatic heterocycles. The number of piperidine rings is 1. The summed E-state index contributed by atoms with van der Waals surface area (Å²) in [4.78, 5) is 29.0. The van der Waals surface area contributed by atoms with Crippen LogP contribution in [0.5, 0.6) is 0 Å². The average molecular weight is 295 g/mol. The maximum absolute atomic E-state index is 13.2. The van der Waals surface area contributed by atoms with Gasteiger partial charge in [0.2, 0.25) is 11.2 Å². The highest BCUT2D eigenvalue weighted by molar-refractivity contribution is 6.64. The summed E-state index contributed by atoms with van der Waals surface area (Å²) in [5.41, 5.74) is 0.874. The van der Waals surface area contributed by atoms with Gasteiger partial charge in [-0.25, -0.2) is 4.98 Å². The predicted octanol–water partition coefficient (Wildman–Crippen LogP) is 2.23. The van der Waals surface area contributed by atoms with Crippen LogP contribution in [0.15, 0.2) is 18.3 Å². The Balaban J connectivity index is 1.98. The fourth-order valence-electron chi connectivity index (χ4n) is 2.74. The summed E-state index contributed by atoms with van der Waals surface area (Å²) in [6, 6.07) is 1.06. The van der Waals surface area contributed by atoms with Crippen molar-refractivity contribution in [3.05, 3.63) is 35.4 Å². The fourth-order valence-corrected chi connectivity index (χ4v) is 2.92. The first-order chi connectivity index (χ1) is 9.56. The minimum atomic E-state index is -0.689. The van der Waals surface area contributed by atoms with Crippen molar-refractivity contribution in [2.75, 3.05) is 6.54 Å². The number of hydrogen-bond acceptors (Lipinski definition) is 3. The number of carbonyl (C=O) groups is 2. The number of hydrogen-bond donors (Lipinski definition) is 0. The van der Waals surface area contributed by atoms with Gasteiger partial charge < -0.3 is 4.90 Å². The number of fused-ring (bicyclic) bond motifs is 2. The Morgan fingerprint density at radius 3 is 3.00 bits per heavy atom. The lowest BCUT2D eigenvalue weighted by Gasteiger charge is -2.36. The maximum atomic E-state index is 13.2. The molecule has 3 heterocycles. The molecule has 0 aliphatic carbocycles. The van der Waals surface area contributed by atoms with Gasteiger partial charge in [-0.05, 0) is 24.4 Å². The van der Waals surface area contributed by atoms with Gasteiger partial charge in [0.05, 0.1) is 17.5 Å². The topological polar surface area (TPSA) is 50.3 Å². The molecule has 1 aromatic rings. The quantitative estimate of drug-likeness (QED) is 0.589. The van der Waals surface area contributed by atoms with E-state index < -0.39 is 11.2 Å². The third-order valence-electron chi connectivity index (χ3n) is 3.84. The molecule has 6 heteroatoms. The van der Waals surface area contributed by atoms with Crippen LogP contribution >= 0.6 is 11.6 Å². The van der Waals surface area contributed by atoms with Crippen molar-refractivity contribution in [3.8, 4) is 0 Å². The van der Waals surface area contributed by atoms with Crippen molar-refractivity contribution in [1.82, 2.24) is 9.88 Å². The van der Waals surface area contributed by atoms with E-state index in [0.717, 1.165) is 6.07 Å². The Morgan fingerprint density at radius 1 is 1.45 bits per heavy atom. The van der Waals surface area contributed by atoms with Gasteiger partial charge in [0.15, 0.2) is 0 Å². The van der Waals surface area contributed by atoms with Crippen molar-refractivity contribution in [2.24, 2.45) is 5.92 Å². The highest BCUT2D eigenvalue weighted by Crippen LogP contribution is 2.29. The Morgan fingerprint density at radius 2 is 2.25 bits per heavy atom. The Labute approximate surface area is 120 Å². The van der Waals surface area contributed by atoms with E-state index in [0.29, 0.717) is 18.4 Å². The zero-order chi connectivity index (χ0) is 14.3. The van der Waals surface area contributed by atoms with Gasteiger partial charge in [0, 0.05) is 24.4 Å². The zero-order valence-electron chi connectivity index (χ0n) is 10.6. The number of carbonyl (C=O) groups excluding carboxylic acids is 2. The number of nitrogens with zero attached hydrogens (tertiary/aromatic N) is 2. The van der Waals surface area contributed by atoms with Crippen LogP contribution in [0.25, 0.3) is 6.08 Å². The smallest absolute Gasteiger partial charge is 0.255 e. The van der Waals surface area contributed by atoms with E-state index >= 15 is 0 Å². The lowest BCUT2D eigenvalue weighted by atomic mass is 9.93. The molecule has 0 spiro atoms. The Kier molecular flexibility index (Phi) is 3.30. The van der Waals surface area contributed by atoms with Crippen LogP contribution in [-0.4, -0.2) is 33.6 Å². The summed E-state index contributed by atoms with van der Waals surface area (Å²) in [6.45, 7) is 0.277. The lowest BCUT2D eigenvalue weighted by Crippen LogP contribution is -2.46. The third-order valence-corrected chi connectivity index (χ3v) is 4.15. The molecule has 2 atom stereocenters.